The van der Waals surface area contributed by atoms with Gasteiger partial charge in [-0.2, -0.15) is 0 Å². The number of hydrogen-bond donors (Lipinski definition) is 2. The van der Waals surface area contributed by atoms with E-state index in [1.165, 1.54) is 48.4 Å². The van der Waals surface area contributed by atoms with Crippen molar-refractivity contribution < 1.29 is 34.3 Å². The Bertz CT molecular complexity index is 1390. The summed E-state index contributed by atoms with van der Waals surface area (Å²) in [7, 11) is 1.47. The molecule has 0 aromatic heterocycles. The molecule has 1 fully saturated rings. The molecule has 182 valence electrons. The Morgan fingerprint density at radius 1 is 1.03 bits per heavy atom. The van der Waals surface area contributed by atoms with Crippen molar-refractivity contribution in [2.75, 3.05) is 12.0 Å². The number of carboxylic acid groups (broad SMARTS) is 1. The summed E-state index contributed by atoms with van der Waals surface area (Å²) >= 11 is 0. The Balaban J connectivity index is 1.87. The van der Waals surface area contributed by atoms with Gasteiger partial charge in [0.05, 0.1) is 30.1 Å². The first-order valence-electron chi connectivity index (χ1n) is 10.7. The Morgan fingerprint density at radius 3 is 2.28 bits per heavy atom. The Kier molecular flexibility index (Phi) is 6.51. The molecule has 4 rings (SSSR count). The first-order valence-corrected chi connectivity index (χ1v) is 10.7. The molecule has 36 heavy (non-hydrogen) atoms. The number of benzene rings is 3. The van der Waals surface area contributed by atoms with E-state index in [0.29, 0.717) is 22.6 Å². The van der Waals surface area contributed by atoms with Gasteiger partial charge in [0.1, 0.15) is 11.5 Å². The van der Waals surface area contributed by atoms with Crippen LogP contribution in [0.4, 0.5) is 11.4 Å². The predicted molar refractivity (Wildman–Crippen MR) is 129 cm³/mol. The van der Waals surface area contributed by atoms with E-state index in [-0.39, 0.29) is 23.2 Å². The largest absolute Gasteiger partial charge is 0.507 e. The van der Waals surface area contributed by atoms with Crippen molar-refractivity contribution in [1.29, 1.82) is 0 Å². The Morgan fingerprint density at radius 2 is 1.69 bits per heavy atom. The number of carbonyl (C=O) groups excluding carboxylic acids is 2. The number of carbonyl (C=O) groups is 3. The number of anilines is 1. The number of amides is 1. The zero-order valence-corrected chi connectivity index (χ0v) is 19.0. The van der Waals surface area contributed by atoms with E-state index in [9.17, 15) is 29.6 Å². The third-order valence-electron chi connectivity index (χ3n) is 5.78. The molecule has 3 aromatic rings. The van der Waals surface area contributed by atoms with Gasteiger partial charge in [0, 0.05) is 23.4 Å². The average Bonchev–Trinajstić information content (AvgIpc) is 3.14. The summed E-state index contributed by atoms with van der Waals surface area (Å²) in [4.78, 5) is 49.1. The summed E-state index contributed by atoms with van der Waals surface area (Å²) in [5.41, 5.74) is 1.04. The number of aliphatic carboxylic acids is 1. The lowest BCUT2D eigenvalue weighted by molar-refractivity contribution is -0.384. The fourth-order valence-corrected chi connectivity index (χ4v) is 4.07. The lowest BCUT2D eigenvalue weighted by atomic mass is 9.95. The van der Waals surface area contributed by atoms with Crippen molar-refractivity contribution in [3.05, 3.63) is 105 Å². The van der Waals surface area contributed by atoms with E-state index >= 15 is 0 Å². The second kappa shape index (κ2) is 9.71. The number of nitrogens with zero attached hydrogens (tertiary/aromatic N) is 2. The highest BCUT2D eigenvalue weighted by Gasteiger charge is 2.47. The Hall–Kier alpha value is -4.99. The van der Waals surface area contributed by atoms with Gasteiger partial charge in [-0.15, -0.1) is 0 Å². The van der Waals surface area contributed by atoms with Gasteiger partial charge in [-0.05, 0) is 47.5 Å². The number of methoxy groups -OCH3 is 1. The van der Waals surface area contributed by atoms with Gasteiger partial charge in [-0.1, -0.05) is 24.3 Å². The SMILES string of the molecule is COc1cccc(C2/C(=C(/O)c3ccc([N+](=O)[O-])cc3)C(=O)C(=O)N2c2ccc(CC(=O)O)cc2)c1. The molecule has 1 aliphatic rings. The topological polar surface area (TPSA) is 147 Å². The molecule has 0 spiro atoms. The van der Waals surface area contributed by atoms with E-state index in [0.717, 1.165) is 0 Å². The van der Waals surface area contributed by atoms with Gasteiger partial charge in [-0.3, -0.25) is 29.4 Å². The predicted octanol–water partition coefficient (Wildman–Crippen LogP) is 3.86. The summed E-state index contributed by atoms with van der Waals surface area (Å²) in [5.74, 6) is -2.86. The smallest absolute Gasteiger partial charge is 0.307 e. The number of aliphatic hydroxyl groups is 1. The van der Waals surface area contributed by atoms with E-state index < -0.39 is 34.4 Å². The van der Waals surface area contributed by atoms with Gasteiger partial charge in [0.2, 0.25) is 0 Å². The number of non-ortho nitro benzene ring substituents is 1. The highest BCUT2D eigenvalue weighted by atomic mass is 16.6. The molecule has 10 nitrogen and oxygen atoms in total. The number of aliphatic hydroxyl groups excluding tert-OH is 1. The number of carboxylic acids is 1. The van der Waals surface area contributed by atoms with Gasteiger partial charge >= 0.3 is 5.97 Å². The first-order chi connectivity index (χ1) is 17.2. The molecule has 1 unspecified atom stereocenters. The van der Waals surface area contributed by atoms with Crippen LogP contribution in [0.3, 0.4) is 0 Å². The summed E-state index contributed by atoms with van der Waals surface area (Å²) in [6.45, 7) is 0. The number of hydrogen-bond acceptors (Lipinski definition) is 7. The monoisotopic (exact) mass is 488 g/mol. The molecule has 0 saturated carbocycles. The second-order valence-electron chi connectivity index (χ2n) is 7.99. The molecule has 0 bridgehead atoms. The van der Waals surface area contributed by atoms with Crippen molar-refractivity contribution in [3.63, 3.8) is 0 Å². The average molecular weight is 488 g/mol. The van der Waals surface area contributed by atoms with Crippen LogP contribution >= 0.6 is 0 Å². The number of ketones is 1. The van der Waals surface area contributed by atoms with Crippen molar-refractivity contribution in [3.8, 4) is 5.75 Å². The van der Waals surface area contributed by atoms with E-state index in [1.54, 1.807) is 36.4 Å². The Labute approximate surface area is 204 Å². The second-order valence-corrected chi connectivity index (χ2v) is 7.99. The summed E-state index contributed by atoms with van der Waals surface area (Å²) in [5, 5.41) is 31.1. The minimum absolute atomic E-state index is 0.128. The number of rotatable bonds is 7. The van der Waals surface area contributed by atoms with Crippen LogP contribution in [0.1, 0.15) is 22.7 Å². The number of nitro benzene ring substituents is 1. The highest BCUT2D eigenvalue weighted by molar-refractivity contribution is 6.51. The van der Waals surface area contributed by atoms with E-state index in [2.05, 4.69) is 0 Å². The van der Waals surface area contributed by atoms with Crippen molar-refractivity contribution in [2.45, 2.75) is 12.5 Å². The van der Waals surface area contributed by atoms with Crippen LogP contribution in [-0.2, 0) is 20.8 Å². The number of Topliss-reactive ketones (excluding diaryl/α,β-unsaturated/α-hetero) is 1. The van der Waals surface area contributed by atoms with Crippen LogP contribution in [0.5, 0.6) is 5.75 Å². The van der Waals surface area contributed by atoms with Crippen LogP contribution in [-0.4, -0.2) is 39.9 Å². The number of ether oxygens (including phenoxy) is 1. The maximum Gasteiger partial charge on any atom is 0.307 e. The van der Waals surface area contributed by atoms with Crippen LogP contribution in [0.25, 0.3) is 5.76 Å². The molecular weight excluding hydrogens is 468 g/mol. The van der Waals surface area contributed by atoms with Crippen LogP contribution in [0.15, 0.2) is 78.4 Å². The maximum absolute atomic E-state index is 13.2. The zero-order valence-electron chi connectivity index (χ0n) is 19.0. The molecule has 2 N–H and O–H groups in total. The molecule has 3 aromatic carbocycles. The molecule has 1 heterocycles. The van der Waals surface area contributed by atoms with Crippen molar-refractivity contribution >= 4 is 34.8 Å². The zero-order chi connectivity index (χ0) is 26.0. The van der Waals surface area contributed by atoms with Crippen molar-refractivity contribution in [1.82, 2.24) is 0 Å². The molecule has 1 saturated heterocycles. The highest BCUT2D eigenvalue weighted by Crippen LogP contribution is 2.43. The maximum atomic E-state index is 13.2. The van der Waals surface area contributed by atoms with E-state index in [1.807, 2.05) is 0 Å². The third-order valence-corrected chi connectivity index (χ3v) is 5.78. The van der Waals surface area contributed by atoms with Crippen molar-refractivity contribution in [2.24, 2.45) is 0 Å². The standard InChI is InChI=1S/C26H20N2O8/c1-36-20-4-2-3-17(14-20)23-22(24(31)16-7-11-19(12-8-16)28(34)35)25(32)26(33)27(23)18-9-5-15(6-10-18)13-21(29)30/h2-12,14,23,31H,13H2,1H3,(H,29,30)/b24-22-. The molecule has 1 atom stereocenters. The van der Waals surface area contributed by atoms with Gasteiger partial charge in [0.15, 0.2) is 0 Å². The summed E-state index contributed by atoms with van der Waals surface area (Å²) in [6, 6.07) is 16.7. The molecule has 0 radical (unpaired) electrons. The molecule has 1 amide bonds. The summed E-state index contributed by atoms with van der Waals surface area (Å²) in [6.07, 6.45) is -0.210. The minimum atomic E-state index is -1.04. The molecule has 0 aliphatic carbocycles. The van der Waals surface area contributed by atoms with Gasteiger partial charge in [0.25, 0.3) is 17.4 Å². The fraction of sp³-hybridized carbons (Fsp3) is 0.115. The third kappa shape index (κ3) is 4.51. The molecule has 1 aliphatic heterocycles. The van der Waals surface area contributed by atoms with Crippen LogP contribution in [0.2, 0.25) is 0 Å². The number of nitro groups is 1. The van der Waals surface area contributed by atoms with Gasteiger partial charge in [-0.25, -0.2) is 0 Å². The molecule has 10 heteroatoms. The van der Waals surface area contributed by atoms with Crippen LogP contribution in [0, 0.1) is 10.1 Å². The lowest BCUT2D eigenvalue weighted by Gasteiger charge is -2.26. The van der Waals surface area contributed by atoms with Gasteiger partial charge < -0.3 is 14.9 Å². The quantitative estimate of drug-likeness (QED) is 0.168. The summed E-state index contributed by atoms with van der Waals surface area (Å²) < 4.78 is 5.29. The molecular formula is C26H20N2O8. The minimum Gasteiger partial charge on any atom is -0.507 e. The van der Waals surface area contributed by atoms with Crippen LogP contribution < -0.4 is 9.64 Å². The lowest BCUT2D eigenvalue weighted by Crippen LogP contribution is -2.29. The normalized spacial score (nSPS) is 16.7. The fourth-order valence-electron chi connectivity index (χ4n) is 4.07. The van der Waals surface area contributed by atoms with E-state index in [4.69, 9.17) is 9.84 Å². The first kappa shape index (κ1) is 24.1.